The first-order valence-corrected chi connectivity index (χ1v) is 7.21. The first-order valence-electron chi connectivity index (χ1n) is 6.84. The van der Waals surface area contributed by atoms with E-state index in [1.54, 1.807) is 6.33 Å². The number of hydrogen-bond donors (Lipinski definition) is 1. The van der Waals surface area contributed by atoms with Crippen LogP contribution < -0.4 is 0 Å². The molecule has 0 amide bonds. The number of hydrogen-bond acceptors (Lipinski definition) is 3. The first kappa shape index (κ1) is 13.0. The zero-order valence-electron chi connectivity index (χ0n) is 11.6. The van der Waals surface area contributed by atoms with E-state index in [4.69, 9.17) is 11.6 Å². The summed E-state index contributed by atoms with van der Waals surface area (Å²) < 4.78 is 2.10. The molecule has 108 valence electrons. The van der Waals surface area contributed by atoms with Crippen LogP contribution in [-0.2, 0) is 6.54 Å². The van der Waals surface area contributed by atoms with Crippen molar-refractivity contribution < 1.29 is 0 Å². The summed E-state index contributed by atoms with van der Waals surface area (Å²) in [5.41, 5.74) is 4.19. The molecule has 0 radical (unpaired) electrons. The van der Waals surface area contributed by atoms with Crippen LogP contribution in [0.3, 0.4) is 0 Å². The second kappa shape index (κ2) is 5.27. The van der Waals surface area contributed by atoms with Crippen LogP contribution in [0.25, 0.3) is 22.2 Å². The van der Waals surface area contributed by atoms with Gasteiger partial charge in [0.15, 0.2) is 0 Å². The molecule has 1 aromatic carbocycles. The van der Waals surface area contributed by atoms with E-state index in [0.29, 0.717) is 6.54 Å². The maximum absolute atomic E-state index is 5.98. The average Bonchev–Trinajstić information content (AvgIpc) is 3.17. The molecule has 0 atom stereocenters. The zero-order valence-corrected chi connectivity index (χ0v) is 12.3. The van der Waals surface area contributed by atoms with Gasteiger partial charge in [0.25, 0.3) is 0 Å². The van der Waals surface area contributed by atoms with Gasteiger partial charge in [-0.1, -0.05) is 23.7 Å². The molecule has 4 aromatic rings. The third kappa shape index (κ3) is 2.25. The maximum Gasteiger partial charge on any atom is 0.144 e. The number of aromatic nitrogens is 5. The summed E-state index contributed by atoms with van der Waals surface area (Å²) in [6.45, 7) is 0.706. The van der Waals surface area contributed by atoms with Crippen molar-refractivity contribution >= 4 is 22.6 Å². The van der Waals surface area contributed by atoms with Crippen molar-refractivity contribution in [2.24, 2.45) is 0 Å². The van der Waals surface area contributed by atoms with Crippen LogP contribution in [0.5, 0.6) is 0 Å². The zero-order chi connectivity index (χ0) is 14.9. The molecular weight excluding hydrogens is 298 g/mol. The molecule has 0 aliphatic heterocycles. The van der Waals surface area contributed by atoms with Crippen LogP contribution in [0.2, 0.25) is 5.02 Å². The maximum atomic E-state index is 5.98. The van der Waals surface area contributed by atoms with E-state index < -0.39 is 0 Å². The van der Waals surface area contributed by atoms with E-state index in [-0.39, 0.29) is 0 Å². The van der Waals surface area contributed by atoms with Crippen molar-refractivity contribution in [3.63, 3.8) is 0 Å². The Labute approximate surface area is 131 Å². The molecule has 0 fully saturated rings. The summed E-state index contributed by atoms with van der Waals surface area (Å²) >= 11 is 5.98. The monoisotopic (exact) mass is 309 g/mol. The van der Waals surface area contributed by atoms with Crippen LogP contribution in [0.4, 0.5) is 0 Å². The molecule has 0 aliphatic carbocycles. The third-order valence-electron chi connectivity index (χ3n) is 3.60. The normalized spacial score (nSPS) is 11.1. The van der Waals surface area contributed by atoms with Crippen molar-refractivity contribution in [1.29, 1.82) is 0 Å². The van der Waals surface area contributed by atoms with Gasteiger partial charge in [-0.15, -0.1) is 0 Å². The number of H-pyrrole nitrogens is 1. The minimum absolute atomic E-state index is 0.706. The molecule has 22 heavy (non-hydrogen) atoms. The highest BCUT2D eigenvalue weighted by molar-refractivity contribution is 6.30. The van der Waals surface area contributed by atoms with E-state index in [9.17, 15) is 0 Å². The van der Waals surface area contributed by atoms with Crippen LogP contribution >= 0.6 is 11.6 Å². The summed E-state index contributed by atoms with van der Waals surface area (Å²) in [5.74, 6) is 0. The smallest absolute Gasteiger partial charge is 0.144 e. The Morgan fingerprint density at radius 2 is 2.00 bits per heavy atom. The van der Waals surface area contributed by atoms with Crippen molar-refractivity contribution in [3.05, 3.63) is 66.0 Å². The van der Waals surface area contributed by atoms with E-state index in [2.05, 4.69) is 30.9 Å². The SMILES string of the molecule is Clc1ccc(-c2cn(Cc3cn[nH]c3)c3ncncc23)cc1. The molecule has 6 heteroatoms. The van der Waals surface area contributed by atoms with E-state index in [1.165, 1.54) is 0 Å². The fourth-order valence-corrected chi connectivity index (χ4v) is 2.70. The highest BCUT2D eigenvalue weighted by Crippen LogP contribution is 2.30. The number of rotatable bonds is 3. The first-order chi connectivity index (χ1) is 10.8. The van der Waals surface area contributed by atoms with Crippen LogP contribution in [0.15, 0.2) is 55.4 Å². The lowest BCUT2D eigenvalue weighted by atomic mass is 10.1. The molecule has 1 N–H and O–H groups in total. The quantitative estimate of drug-likeness (QED) is 0.630. The van der Waals surface area contributed by atoms with Gasteiger partial charge < -0.3 is 4.57 Å². The van der Waals surface area contributed by atoms with Crippen molar-refractivity contribution in [1.82, 2.24) is 24.7 Å². The van der Waals surface area contributed by atoms with Gasteiger partial charge in [-0.3, -0.25) is 5.10 Å². The van der Waals surface area contributed by atoms with Crippen molar-refractivity contribution in [2.75, 3.05) is 0 Å². The Morgan fingerprint density at radius 3 is 2.77 bits per heavy atom. The van der Waals surface area contributed by atoms with Crippen LogP contribution in [0.1, 0.15) is 5.56 Å². The Kier molecular flexibility index (Phi) is 3.12. The van der Waals surface area contributed by atoms with E-state index >= 15 is 0 Å². The van der Waals surface area contributed by atoms with Gasteiger partial charge in [0, 0.05) is 40.1 Å². The number of fused-ring (bicyclic) bond motifs is 1. The number of nitrogens with one attached hydrogen (secondary N) is 1. The van der Waals surface area contributed by atoms with Gasteiger partial charge >= 0.3 is 0 Å². The van der Waals surface area contributed by atoms with Gasteiger partial charge in [-0.25, -0.2) is 9.97 Å². The standard InChI is InChI=1S/C16H12ClN5/c17-13-3-1-12(2-4-13)15-9-22(8-11-5-20-21-6-11)16-14(15)7-18-10-19-16/h1-7,9-10H,8H2,(H,20,21). The summed E-state index contributed by atoms with van der Waals surface area (Å²) in [6.07, 6.45) is 9.21. The predicted octanol–water partition coefficient (Wildman–Crippen LogP) is 3.52. The lowest BCUT2D eigenvalue weighted by molar-refractivity contribution is 0.825. The largest absolute Gasteiger partial charge is 0.327 e. The molecule has 0 aliphatic rings. The summed E-state index contributed by atoms with van der Waals surface area (Å²) in [5, 5.41) is 8.57. The molecule has 0 spiro atoms. The van der Waals surface area contributed by atoms with Crippen LogP contribution in [-0.4, -0.2) is 24.7 Å². The average molecular weight is 310 g/mol. The van der Waals surface area contributed by atoms with Gasteiger partial charge in [-0.05, 0) is 17.7 Å². The minimum Gasteiger partial charge on any atom is -0.327 e. The third-order valence-corrected chi connectivity index (χ3v) is 3.85. The number of aromatic amines is 1. The summed E-state index contributed by atoms with van der Waals surface area (Å²) in [7, 11) is 0. The second-order valence-corrected chi connectivity index (χ2v) is 5.48. The Morgan fingerprint density at radius 1 is 1.14 bits per heavy atom. The molecule has 3 aromatic heterocycles. The number of halogens is 1. The van der Waals surface area contributed by atoms with E-state index in [0.717, 1.165) is 32.7 Å². The molecular formula is C16H12ClN5. The van der Waals surface area contributed by atoms with Gasteiger partial charge in [-0.2, -0.15) is 5.10 Å². The highest BCUT2D eigenvalue weighted by atomic mass is 35.5. The molecule has 0 saturated carbocycles. The van der Waals surface area contributed by atoms with Gasteiger partial charge in [0.05, 0.1) is 12.7 Å². The summed E-state index contributed by atoms with van der Waals surface area (Å²) in [6, 6.07) is 7.79. The lowest BCUT2D eigenvalue weighted by Crippen LogP contribution is -1.97. The Bertz CT molecular complexity index is 910. The minimum atomic E-state index is 0.706. The molecule has 0 bridgehead atoms. The summed E-state index contributed by atoms with van der Waals surface area (Å²) in [4.78, 5) is 8.58. The van der Waals surface area contributed by atoms with Gasteiger partial charge in [0.1, 0.15) is 12.0 Å². The number of nitrogens with zero attached hydrogens (tertiary/aromatic N) is 4. The Hall–Kier alpha value is -2.66. The number of benzene rings is 1. The lowest BCUT2D eigenvalue weighted by Gasteiger charge is -2.01. The Balaban J connectivity index is 1.87. The van der Waals surface area contributed by atoms with Crippen molar-refractivity contribution in [3.8, 4) is 11.1 Å². The fraction of sp³-hybridized carbons (Fsp3) is 0.0625. The second-order valence-electron chi connectivity index (χ2n) is 5.04. The molecule has 0 saturated heterocycles. The molecule has 4 rings (SSSR count). The topological polar surface area (TPSA) is 59.4 Å². The predicted molar refractivity (Wildman–Crippen MR) is 85.7 cm³/mol. The highest BCUT2D eigenvalue weighted by Gasteiger charge is 2.12. The fourth-order valence-electron chi connectivity index (χ4n) is 2.57. The molecule has 3 heterocycles. The van der Waals surface area contributed by atoms with E-state index in [1.807, 2.05) is 42.9 Å². The van der Waals surface area contributed by atoms with Gasteiger partial charge in [0.2, 0.25) is 0 Å². The van der Waals surface area contributed by atoms with Crippen molar-refractivity contribution in [2.45, 2.75) is 6.54 Å². The van der Waals surface area contributed by atoms with Crippen LogP contribution in [0, 0.1) is 0 Å². The molecule has 0 unspecified atom stereocenters. The molecule has 5 nitrogen and oxygen atoms in total.